The van der Waals surface area contributed by atoms with Gasteiger partial charge in [-0.1, -0.05) is 18.3 Å². The zero-order valence-corrected chi connectivity index (χ0v) is 14.4. The molecule has 0 aliphatic rings. The number of rotatable bonds is 5. The van der Waals surface area contributed by atoms with E-state index in [4.69, 9.17) is 4.74 Å². The molecule has 3 amide bonds. The summed E-state index contributed by atoms with van der Waals surface area (Å²) in [7, 11) is 1.67. The highest BCUT2D eigenvalue weighted by atomic mass is 32.1. The molecule has 0 aliphatic heterocycles. The molecule has 9 heteroatoms. The minimum absolute atomic E-state index is 0.0812. The van der Waals surface area contributed by atoms with E-state index in [1.807, 2.05) is 27.7 Å². The van der Waals surface area contributed by atoms with Crippen LogP contribution in [0.3, 0.4) is 0 Å². The third-order valence-corrected chi connectivity index (χ3v) is 3.09. The maximum Gasteiger partial charge on any atom is 0.410 e. The second kappa shape index (κ2) is 7.92. The van der Waals surface area contributed by atoms with Crippen LogP contribution in [0.1, 0.15) is 27.7 Å². The van der Waals surface area contributed by atoms with Crippen LogP contribution >= 0.6 is 11.3 Å². The number of hydrogen-bond donors (Lipinski definition) is 2. The standard InChI is InChI=1S/C13H23N5O3S/c1-9(7-18(5)12(20)21-13(2,3)4)6-14-10(19)16-11-17-15-8-22-11/h8-9H,6-7H2,1-5H3,(H2,14,16,17,19). The van der Waals surface area contributed by atoms with Gasteiger partial charge in [-0.25, -0.2) is 9.59 Å². The van der Waals surface area contributed by atoms with Crippen LogP contribution in [0.5, 0.6) is 0 Å². The molecular weight excluding hydrogens is 306 g/mol. The Morgan fingerprint density at radius 2 is 2.14 bits per heavy atom. The lowest BCUT2D eigenvalue weighted by Crippen LogP contribution is -2.40. The van der Waals surface area contributed by atoms with Crippen LogP contribution in [0.25, 0.3) is 0 Å². The van der Waals surface area contributed by atoms with Crippen molar-refractivity contribution in [1.82, 2.24) is 20.4 Å². The number of urea groups is 1. The predicted molar refractivity (Wildman–Crippen MR) is 85.0 cm³/mol. The van der Waals surface area contributed by atoms with Gasteiger partial charge in [-0.15, -0.1) is 10.2 Å². The zero-order chi connectivity index (χ0) is 16.8. The van der Waals surface area contributed by atoms with Crippen molar-refractivity contribution in [3.05, 3.63) is 5.51 Å². The molecule has 0 aromatic carbocycles. The minimum Gasteiger partial charge on any atom is -0.444 e. The first kappa shape index (κ1) is 18.1. The van der Waals surface area contributed by atoms with Crippen LogP contribution in [0.2, 0.25) is 0 Å². The highest BCUT2D eigenvalue weighted by molar-refractivity contribution is 7.13. The summed E-state index contributed by atoms with van der Waals surface area (Å²) < 4.78 is 5.27. The van der Waals surface area contributed by atoms with E-state index in [1.165, 1.54) is 21.7 Å². The molecule has 2 N–H and O–H groups in total. The Morgan fingerprint density at radius 1 is 1.45 bits per heavy atom. The fraction of sp³-hybridized carbons (Fsp3) is 0.692. The number of aromatic nitrogens is 2. The molecule has 1 unspecified atom stereocenters. The van der Waals surface area contributed by atoms with Gasteiger partial charge in [-0.2, -0.15) is 0 Å². The molecule has 22 heavy (non-hydrogen) atoms. The van der Waals surface area contributed by atoms with Crippen LogP contribution in [-0.4, -0.2) is 53.0 Å². The molecule has 1 aromatic heterocycles. The molecule has 124 valence electrons. The largest absolute Gasteiger partial charge is 0.444 e. The van der Waals surface area contributed by atoms with Gasteiger partial charge in [-0.3, -0.25) is 5.32 Å². The SMILES string of the molecule is CC(CNC(=O)Nc1nncs1)CN(C)C(=O)OC(C)(C)C. The predicted octanol–water partition coefficient (Wildman–Crippen LogP) is 2.16. The first-order valence-corrected chi connectivity index (χ1v) is 7.80. The molecule has 0 spiro atoms. The van der Waals surface area contributed by atoms with E-state index >= 15 is 0 Å². The van der Waals surface area contributed by atoms with Gasteiger partial charge < -0.3 is 15.0 Å². The quantitative estimate of drug-likeness (QED) is 0.863. The summed E-state index contributed by atoms with van der Waals surface area (Å²) in [4.78, 5) is 25.0. The van der Waals surface area contributed by atoms with E-state index in [2.05, 4.69) is 20.8 Å². The normalized spacial score (nSPS) is 12.4. The average Bonchev–Trinajstić information content (AvgIpc) is 2.87. The molecule has 1 aromatic rings. The Balaban J connectivity index is 2.28. The number of nitrogens with zero attached hydrogens (tertiary/aromatic N) is 3. The van der Waals surface area contributed by atoms with Gasteiger partial charge in [0.15, 0.2) is 0 Å². The van der Waals surface area contributed by atoms with Crippen molar-refractivity contribution in [3.63, 3.8) is 0 Å². The lowest BCUT2D eigenvalue weighted by Gasteiger charge is -2.26. The van der Waals surface area contributed by atoms with E-state index in [0.29, 0.717) is 18.2 Å². The van der Waals surface area contributed by atoms with Crippen molar-refractivity contribution in [3.8, 4) is 0 Å². The van der Waals surface area contributed by atoms with Gasteiger partial charge in [-0.05, 0) is 26.7 Å². The van der Waals surface area contributed by atoms with Crippen molar-refractivity contribution in [2.24, 2.45) is 5.92 Å². The Labute approximate surface area is 134 Å². The molecule has 0 saturated carbocycles. The fourth-order valence-electron chi connectivity index (χ4n) is 1.58. The topological polar surface area (TPSA) is 96.5 Å². The fourth-order valence-corrected chi connectivity index (χ4v) is 2.02. The second-order valence-corrected chi connectivity index (χ2v) is 6.88. The number of anilines is 1. The van der Waals surface area contributed by atoms with Crippen LogP contribution < -0.4 is 10.6 Å². The monoisotopic (exact) mass is 329 g/mol. The van der Waals surface area contributed by atoms with Crippen molar-refractivity contribution in [2.75, 3.05) is 25.5 Å². The highest BCUT2D eigenvalue weighted by Crippen LogP contribution is 2.10. The Kier molecular flexibility index (Phi) is 6.54. The van der Waals surface area contributed by atoms with Gasteiger partial charge in [0.1, 0.15) is 11.1 Å². The number of nitrogens with one attached hydrogen (secondary N) is 2. The zero-order valence-electron chi connectivity index (χ0n) is 13.5. The highest BCUT2D eigenvalue weighted by Gasteiger charge is 2.20. The van der Waals surface area contributed by atoms with Crippen molar-refractivity contribution in [2.45, 2.75) is 33.3 Å². The maximum atomic E-state index is 11.8. The summed E-state index contributed by atoms with van der Waals surface area (Å²) in [5, 5.41) is 13.1. The molecular formula is C13H23N5O3S. The van der Waals surface area contributed by atoms with E-state index in [1.54, 1.807) is 7.05 Å². The van der Waals surface area contributed by atoms with Crippen molar-refractivity contribution >= 4 is 28.6 Å². The number of hydrogen-bond acceptors (Lipinski definition) is 6. The second-order valence-electron chi connectivity index (χ2n) is 6.04. The summed E-state index contributed by atoms with van der Waals surface area (Å²) in [5.41, 5.74) is 1.02. The first-order valence-electron chi connectivity index (χ1n) is 6.92. The molecule has 1 heterocycles. The maximum absolute atomic E-state index is 11.8. The third-order valence-electron chi connectivity index (χ3n) is 2.48. The number of amides is 3. The van der Waals surface area contributed by atoms with Gasteiger partial charge >= 0.3 is 12.1 Å². The lowest BCUT2D eigenvalue weighted by molar-refractivity contribution is 0.0278. The van der Waals surface area contributed by atoms with Crippen molar-refractivity contribution < 1.29 is 14.3 Å². The summed E-state index contributed by atoms with van der Waals surface area (Å²) in [6.45, 7) is 8.31. The third kappa shape index (κ3) is 7.21. The molecule has 0 bridgehead atoms. The molecule has 1 rings (SSSR count). The van der Waals surface area contributed by atoms with Gasteiger partial charge in [0.05, 0.1) is 0 Å². The van der Waals surface area contributed by atoms with Crippen LogP contribution in [-0.2, 0) is 4.74 Å². The smallest absolute Gasteiger partial charge is 0.410 e. The summed E-state index contributed by atoms with van der Waals surface area (Å²) >= 11 is 1.24. The van der Waals surface area contributed by atoms with E-state index < -0.39 is 5.60 Å². The first-order chi connectivity index (χ1) is 10.2. The van der Waals surface area contributed by atoms with E-state index in [0.717, 1.165) is 0 Å². The molecule has 0 fully saturated rings. The van der Waals surface area contributed by atoms with E-state index in [-0.39, 0.29) is 18.0 Å². The molecule has 0 radical (unpaired) electrons. The Hall–Kier alpha value is -1.90. The molecule has 1 atom stereocenters. The van der Waals surface area contributed by atoms with Crippen LogP contribution in [0.15, 0.2) is 5.51 Å². The van der Waals surface area contributed by atoms with Crippen molar-refractivity contribution in [1.29, 1.82) is 0 Å². The lowest BCUT2D eigenvalue weighted by atomic mass is 10.1. The summed E-state index contributed by atoms with van der Waals surface area (Å²) in [6, 6.07) is -0.344. The van der Waals surface area contributed by atoms with Gasteiger partial charge in [0.25, 0.3) is 0 Å². The van der Waals surface area contributed by atoms with Gasteiger partial charge in [0.2, 0.25) is 5.13 Å². The summed E-state index contributed by atoms with van der Waals surface area (Å²) in [6.07, 6.45) is -0.377. The van der Waals surface area contributed by atoms with Gasteiger partial charge in [0, 0.05) is 20.1 Å². The molecule has 8 nitrogen and oxygen atoms in total. The molecule has 0 aliphatic carbocycles. The van der Waals surface area contributed by atoms with Crippen LogP contribution in [0, 0.1) is 5.92 Å². The van der Waals surface area contributed by atoms with E-state index in [9.17, 15) is 9.59 Å². The summed E-state index contributed by atoms with van der Waals surface area (Å²) in [5.74, 6) is 0.0812. The number of carbonyl (C=O) groups excluding carboxylic acids is 2. The number of carbonyl (C=O) groups is 2. The Morgan fingerprint density at radius 3 is 2.68 bits per heavy atom. The molecule has 0 saturated heterocycles. The number of ether oxygens (including phenoxy) is 1. The van der Waals surface area contributed by atoms with Crippen LogP contribution in [0.4, 0.5) is 14.7 Å². The Bertz CT molecular complexity index is 486. The minimum atomic E-state index is -0.519. The average molecular weight is 329 g/mol.